The van der Waals surface area contributed by atoms with Crippen LogP contribution in [-0.4, -0.2) is 35.7 Å². The first kappa shape index (κ1) is 16.1. The molecule has 1 aliphatic rings. The van der Waals surface area contributed by atoms with E-state index in [0.29, 0.717) is 33.4 Å². The van der Waals surface area contributed by atoms with Gasteiger partial charge in [-0.1, -0.05) is 23.7 Å². The van der Waals surface area contributed by atoms with Crippen molar-refractivity contribution in [3.05, 3.63) is 64.4 Å². The lowest BCUT2D eigenvalue weighted by Gasteiger charge is -2.09. The van der Waals surface area contributed by atoms with Crippen LogP contribution in [0.25, 0.3) is 0 Å². The average molecular weight is 346 g/mol. The van der Waals surface area contributed by atoms with Crippen molar-refractivity contribution in [2.24, 2.45) is 9.98 Å². The highest BCUT2D eigenvalue weighted by Crippen LogP contribution is 2.28. The first-order valence-corrected chi connectivity index (χ1v) is 7.55. The highest BCUT2D eigenvalue weighted by atomic mass is 35.5. The number of fused-ring (bicyclic) bond motifs is 1. The largest absolute Gasteiger partial charge is 0.480 e. The predicted octanol–water partition coefficient (Wildman–Crippen LogP) is 3.03. The zero-order chi connectivity index (χ0) is 17.1. The van der Waals surface area contributed by atoms with E-state index >= 15 is 0 Å². The Morgan fingerprint density at radius 2 is 2.04 bits per heavy atom. The van der Waals surface area contributed by atoms with Gasteiger partial charge in [-0.05, 0) is 30.3 Å². The maximum atomic E-state index is 14.2. The first-order valence-electron chi connectivity index (χ1n) is 7.17. The third-order valence-electron chi connectivity index (χ3n) is 3.43. The molecule has 0 radical (unpaired) electrons. The summed E-state index contributed by atoms with van der Waals surface area (Å²) < 4.78 is 14.2. The van der Waals surface area contributed by atoms with Crippen molar-refractivity contribution < 1.29 is 14.3 Å². The summed E-state index contributed by atoms with van der Waals surface area (Å²) in [7, 11) is 0. The van der Waals surface area contributed by atoms with Crippen molar-refractivity contribution in [3.8, 4) is 0 Å². The Hall–Kier alpha value is -2.73. The molecular weight excluding hydrogens is 333 g/mol. The first-order chi connectivity index (χ1) is 11.5. The van der Waals surface area contributed by atoms with Crippen molar-refractivity contribution in [2.75, 3.05) is 13.1 Å². The van der Waals surface area contributed by atoms with Gasteiger partial charge in [0, 0.05) is 16.1 Å². The molecule has 2 aromatic carbocycles. The highest BCUT2D eigenvalue weighted by molar-refractivity contribution is 6.31. The summed E-state index contributed by atoms with van der Waals surface area (Å²) in [6.45, 7) is -0.157. The van der Waals surface area contributed by atoms with Crippen LogP contribution in [0.4, 0.5) is 10.1 Å². The Labute approximate surface area is 142 Å². The molecule has 1 aliphatic heterocycles. The average Bonchev–Trinajstić information content (AvgIpc) is 2.72. The van der Waals surface area contributed by atoms with E-state index in [4.69, 9.17) is 16.7 Å². The summed E-state index contributed by atoms with van der Waals surface area (Å²) in [5.74, 6) is -1.01. The van der Waals surface area contributed by atoms with E-state index in [1.807, 2.05) is 0 Å². The van der Waals surface area contributed by atoms with Gasteiger partial charge in [-0.3, -0.25) is 9.79 Å². The summed E-state index contributed by atoms with van der Waals surface area (Å²) in [4.78, 5) is 19.6. The summed E-state index contributed by atoms with van der Waals surface area (Å²) in [6, 6.07) is 11.4. The van der Waals surface area contributed by atoms with E-state index in [1.54, 1.807) is 36.4 Å². The summed E-state index contributed by atoms with van der Waals surface area (Å²) in [5.41, 5.74) is 1.92. The van der Waals surface area contributed by atoms with E-state index in [2.05, 4.69) is 15.3 Å². The third kappa shape index (κ3) is 3.44. The summed E-state index contributed by atoms with van der Waals surface area (Å²) in [6.07, 6.45) is 0. The van der Waals surface area contributed by atoms with Crippen molar-refractivity contribution in [2.45, 2.75) is 0 Å². The molecule has 0 saturated heterocycles. The molecule has 0 saturated carbocycles. The molecule has 0 spiro atoms. The number of hydrogen-bond acceptors (Lipinski definition) is 4. The Morgan fingerprint density at radius 1 is 1.25 bits per heavy atom. The molecule has 5 nitrogen and oxygen atoms in total. The van der Waals surface area contributed by atoms with Crippen molar-refractivity contribution in [1.82, 2.24) is 5.32 Å². The van der Waals surface area contributed by atoms with Gasteiger partial charge in [0.15, 0.2) is 0 Å². The van der Waals surface area contributed by atoms with Gasteiger partial charge in [-0.25, -0.2) is 9.38 Å². The second kappa shape index (κ2) is 6.80. The van der Waals surface area contributed by atoms with Gasteiger partial charge in [0.05, 0.1) is 17.9 Å². The van der Waals surface area contributed by atoms with Gasteiger partial charge < -0.3 is 10.4 Å². The van der Waals surface area contributed by atoms with Crippen LogP contribution in [0.1, 0.15) is 11.1 Å². The normalized spacial score (nSPS) is 13.4. The minimum atomic E-state index is -1.00. The number of hydrogen-bond donors (Lipinski definition) is 2. The molecule has 0 aliphatic carbocycles. The number of halogens is 2. The lowest BCUT2D eigenvalue weighted by atomic mass is 10.0. The van der Waals surface area contributed by atoms with Gasteiger partial charge in [-0.15, -0.1) is 0 Å². The zero-order valence-electron chi connectivity index (χ0n) is 12.5. The fraction of sp³-hybridized carbons (Fsp3) is 0.118. The lowest BCUT2D eigenvalue weighted by Crippen LogP contribution is -2.31. The van der Waals surface area contributed by atoms with E-state index in [-0.39, 0.29) is 13.1 Å². The van der Waals surface area contributed by atoms with Crippen molar-refractivity contribution in [3.63, 3.8) is 0 Å². The van der Waals surface area contributed by atoms with Crippen LogP contribution in [0.5, 0.6) is 0 Å². The van der Waals surface area contributed by atoms with Crippen LogP contribution < -0.4 is 5.32 Å². The van der Waals surface area contributed by atoms with E-state index in [1.165, 1.54) is 6.07 Å². The molecule has 0 amide bonds. The number of rotatable bonds is 3. The fourth-order valence-electron chi connectivity index (χ4n) is 2.37. The van der Waals surface area contributed by atoms with Crippen molar-refractivity contribution >= 4 is 34.8 Å². The minimum absolute atomic E-state index is 0.114. The van der Waals surface area contributed by atoms with Gasteiger partial charge in [-0.2, -0.15) is 0 Å². The smallest absolute Gasteiger partial charge is 0.322 e. The second-order valence-electron chi connectivity index (χ2n) is 5.11. The van der Waals surface area contributed by atoms with Crippen LogP contribution in [0.3, 0.4) is 0 Å². The second-order valence-corrected chi connectivity index (χ2v) is 5.55. The third-order valence-corrected chi connectivity index (χ3v) is 3.66. The van der Waals surface area contributed by atoms with Gasteiger partial charge in [0.1, 0.15) is 18.2 Å². The maximum absolute atomic E-state index is 14.2. The number of carboxylic acid groups (broad SMARTS) is 1. The van der Waals surface area contributed by atoms with Crippen molar-refractivity contribution in [1.29, 1.82) is 0 Å². The molecule has 0 aromatic heterocycles. The topological polar surface area (TPSA) is 74.0 Å². The number of nitrogens with zero attached hydrogens (tertiary/aromatic N) is 2. The number of amidine groups is 1. The molecule has 7 heteroatoms. The van der Waals surface area contributed by atoms with Crippen LogP contribution in [0.15, 0.2) is 52.4 Å². The molecule has 0 fully saturated rings. The molecule has 122 valence electrons. The quantitative estimate of drug-likeness (QED) is 0.898. The monoisotopic (exact) mass is 345 g/mol. The molecular formula is C17H13ClFN3O2. The highest BCUT2D eigenvalue weighted by Gasteiger charge is 2.19. The number of nitrogens with one attached hydrogen (secondary N) is 1. The summed E-state index contributed by atoms with van der Waals surface area (Å²) >= 11 is 6.07. The number of carbonyl (C=O) groups is 1. The van der Waals surface area contributed by atoms with Crippen LogP contribution in [0.2, 0.25) is 5.02 Å². The fourth-order valence-corrected chi connectivity index (χ4v) is 2.54. The summed E-state index contributed by atoms with van der Waals surface area (Å²) in [5, 5.41) is 12.0. The molecule has 2 aromatic rings. The Balaban J connectivity index is 2.08. The number of aliphatic carboxylic acids is 1. The molecule has 1 heterocycles. The lowest BCUT2D eigenvalue weighted by molar-refractivity contribution is -0.135. The standard InChI is InChI=1S/C17H13ClFN3O2/c18-10-5-6-14-12(7-10)17(11-3-1-2-4-13(11)19)21-8-15(22-14)20-9-16(23)24/h1-7H,8-9H2,(H,20,22)(H,23,24). The van der Waals surface area contributed by atoms with E-state index in [0.717, 1.165) is 0 Å². The predicted molar refractivity (Wildman–Crippen MR) is 91.1 cm³/mol. The van der Waals surface area contributed by atoms with Crippen LogP contribution in [0, 0.1) is 5.82 Å². The van der Waals surface area contributed by atoms with E-state index in [9.17, 15) is 9.18 Å². The van der Waals surface area contributed by atoms with Gasteiger partial charge >= 0.3 is 5.97 Å². The SMILES string of the molecule is O=C(O)CNC1=Nc2ccc(Cl)cc2C(c2ccccc2F)=NC1. The molecule has 0 unspecified atom stereocenters. The van der Waals surface area contributed by atoms with Gasteiger partial charge in [0.25, 0.3) is 0 Å². The molecule has 0 atom stereocenters. The Kier molecular flexibility index (Phi) is 4.57. The number of aliphatic imine (C=N–C) groups is 2. The molecule has 0 bridgehead atoms. The minimum Gasteiger partial charge on any atom is -0.480 e. The Bertz CT molecular complexity index is 865. The Morgan fingerprint density at radius 3 is 2.79 bits per heavy atom. The molecule has 2 N–H and O–H groups in total. The maximum Gasteiger partial charge on any atom is 0.322 e. The van der Waals surface area contributed by atoms with E-state index < -0.39 is 11.8 Å². The number of benzene rings is 2. The molecule has 24 heavy (non-hydrogen) atoms. The van der Waals surface area contributed by atoms with Crippen LogP contribution >= 0.6 is 11.6 Å². The van der Waals surface area contributed by atoms with Gasteiger partial charge in [0.2, 0.25) is 0 Å². The molecule has 3 rings (SSSR count). The van der Waals surface area contributed by atoms with Crippen LogP contribution in [-0.2, 0) is 4.79 Å². The number of carboxylic acids is 1. The zero-order valence-corrected chi connectivity index (χ0v) is 13.2.